The van der Waals surface area contributed by atoms with Crippen LogP contribution in [0.1, 0.15) is 47.6 Å². The summed E-state index contributed by atoms with van der Waals surface area (Å²) in [5, 5.41) is 5.39. The number of rotatable bonds is 8. The van der Waals surface area contributed by atoms with Crippen LogP contribution in [0.5, 0.6) is 11.5 Å². The fourth-order valence-electron chi connectivity index (χ4n) is 5.38. The van der Waals surface area contributed by atoms with E-state index in [1.165, 1.54) is 0 Å². The SMILES string of the molecule is COc1ccc([C@@H]2CC(=O)C3=C(C2)NC(C)=C(C(=O)OCCc2ccccc2)[C@@H]3c2cccs2)cc1OC. The maximum Gasteiger partial charge on any atom is 0.336 e. The molecule has 3 aromatic rings. The highest BCUT2D eigenvalue weighted by Crippen LogP contribution is 2.47. The second kappa shape index (κ2) is 11.3. The van der Waals surface area contributed by atoms with Crippen LogP contribution < -0.4 is 14.8 Å². The van der Waals surface area contributed by atoms with Crippen molar-refractivity contribution in [2.75, 3.05) is 20.8 Å². The van der Waals surface area contributed by atoms with E-state index in [1.807, 2.05) is 73.0 Å². The highest BCUT2D eigenvalue weighted by Gasteiger charge is 2.42. The topological polar surface area (TPSA) is 73.9 Å². The summed E-state index contributed by atoms with van der Waals surface area (Å²) in [5.41, 5.74) is 4.91. The van der Waals surface area contributed by atoms with Gasteiger partial charge >= 0.3 is 5.97 Å². The number of hydrogen-bond acceptors (Lipinski definition) is 7. The van der Waals surface area contributed by atoms with Crippen molar-refractivity contribution in [2.45, 2.75) is 38.0 Å². The molecule has 1 aromatic heterocycles. The third-order valence-corrected chi connectivity index (χ3v) is 8.16. The van der Waals surface area contributed by atoms with Crippen molar-refractivity contribution in [1.82, 2.24) is 5.32 Å². The number of esters is 1. The Bertz CT molecular complexity index is 1390. The van der Waals surface area contributed by atoms with Crippen LogP contribution in [0.2, 0.25) is 0 Å². The molecule has 1 N–H and O–H groups in total. The molecule has 1 aliphatic heterocycles. The zero-order valence-corrected chi connectivity index (χ0v) is 22.6. The minimum atomic E-state index is -0.436. The summed E-state index contributed by atoms with van der Waals surface area (Å²) >= 11 is 1.55. The van der Waals surface area contributed by atoms with Gasteiger partial charge in [-0.05, 0) is 54.0 Å². The zero-order valence-electron chi connectivity index (χ0n) is 21.8. The number of nitrogens with one attached hydrogen (secondary N) is 1. The average Bonchev–Trinajstić information content (AvgIpc) is 3.47. The van der Waals surface area contributed by atoms with Gasteiger partial charge in [-0.25, -0.2) is 4.79 Å². The van der Waals surface area contributed by atoms with Crippen LogP contribution in [-0.2, 0) is 20.7 Å². The normalized spacial score (nSPS) is 19.1. The molecule has 0 radical (unpaired) electrons. The van der Waals surface area contributed by atoms with E-state index in [1.54, 1.807) is 25.6 Å². The van der Waals surface area contributed by atoms with Gasteiger partial charge in [-0.1, -0.05) is 42.5 Å². The van der Waals surface area contributed by atoms with Crippen LogP contribution in [-0.4, -0.2) is 32.6 Å². The Kier molecular flexibility index (Phi) is 7.65. The van der Waals surface area contributed by atoms with Crippen LogP contribution in [0, 0.1) is 0 Å². The molecule has 2 heterocycles. The number of methoxy groups -OCH3 is 2. The molecule has 0 saturated carbocycles. The molecule has 0 bridgehead atoms. The summed E-state index contributed by atoms with van der Waals surface area (Å²) in [7, 11) is 3.21. The first kappa shape index (κ1) is 25.8. The molecule has 0 saturated heterocycles. The van der Waals surface area contributed by atoms with Crippen molar-refractivity contribution in [3.63, 3.8) is 0 Å². The van der Waals surface area contributed by atoms with Crippen molar-refractivity contribution >= 4 is 23.1 Å². The molecular formula is C31H31NO5S. The Hall–Kier alpha value is -3.84. The molecule has 38 heavy (non-hydrogen) atoms. The first-order valence-electron chi connectivity index (χ1n) is 12.7. The quantitative estimate of drug-likeness (QED) is 0.366. The van der Waals surface area contributed by atoms with Gasteiger partial charge < -0.3 is 19.5 Å². The molecule has 5 rings (SSSR count). The van der Waals surface area contributed by atoms with E-state index in [0.29, 0.717) is 41.9 Å². The lowest BCUT2D eigenvalue weighted by Gasteiger charge is -2.36. The molecule has 6 nitrogen and oxygen atoms in total. The van der Waals surface area contributed by atoms with Crippen molar-refractivity contribution in [3.05, 3.63) is 105 Å². The number of dihydropyridines is 1. The predicted molar refractivity (Wildman–Crippen MR) is 148 cm³/mol. The van der Waals surface area contributed by atoms with Gasteiger partial charge in [0.25, 0.3) is 0 Å². The maximum atomic E-state index is 13.7. The van der Waals surface area contributed by atoms with Gasteiger partial charge in [-0.15, -0.1) is 11.3 Å². The highest BCUT2D eigenvalue weighted by molar-refractivity contribution is 7.10. The molecule has 2 atom stereocenters. The van der Waals surface area contributed by atoms with Crippen LogP contribution in [0.15, 0.2) is 88.6 Å². The number of thiophene rings is 1. The monoisotopic (exact) mass is 529 g/mol. The summed E-state index contributed by atoms with van der Waals surface area (Å²) in [6, 6.07) is 19.7. The number of hydrogen-bond donors (Lipinski definition) is 1. The summed E-state index contributed by atoms with van der Waals surface area (Å²) in [6.07, 6.45) is 1.65. The van der Waals surface area contributed by atoms with E-state index in [0.717, 1.165) is 27.4 Å². The third kappa shape index (κ3) is 5.11. The lowest BCUT2D eigenvalue weighted by Crippen LogP contribution is -2.36. The van der Waals surface area contributed by atoms with Crippen LogP contribution in [0.4, 0.5) is 0 Å². The van der Waals surface area contributed by atoms with Crippen molar-refractivity contribution in [3.8, 4) is 11.5 Å². The standard InChI is InChI=1S/C31H31NO5S/c1-19-28(31(34)37-14-13-20-8-5-4-6-9-20)30(27-10-7-15-38-27)29-23(32-19)16-22(17-24(29)33)21-11-12-25(35-2)26(18-21)36-3/h4-12,15,18,22,30,32H,13-14,16-17H2,1-3H3/t22-,30-/m0/s1. The number of benzene rings is 2. The second-order valence-corrected chi connectivity index (χ2v) is 10.5. The highest BCUT2D eigenvalue weighted by atomic mass is 32.1. The molecule has 0 amide bonds. The maximum absolute atomic E-state index is 13.7. The smallest absolute Gasteiger partial charge is 0.336 e. The van der Waals surface area contributed by atoms with Crippen molar-refractivity contribution < 1.29 is 23.8 Å². The van der Waals surface area contributed by atoms with Crippen LogP contribution >= 0.6 is 11.3 Å². The van der Waals surface area contributed by atoms with E-state index in [-0.39, 0.29) is 24.3 Å². The molecule has 0 unspecified atom stereocenters. The zero-order chi connectivity index (χ0) is 26.6. The molecule has 0 spiro atoms. The molecule has 1 aliphatic carbocycles. The minimum absolute atomic E-state index is 0.00952. The largest absolute Gasteiger partial charge is 0.493 e. The summed E-state index contributed by atoms with van der Waals surface area (Å²) in [5.74, 6) is 0.506. The molecule has 7 heteroatoms. The van der Waals surface area contributed by atoms with Gasteiger partial charge in [0.1, 0.15) is 0 Å². The van der Waals surface area contributed by atoms with Gasteiger partial charge in [0.2, 0.25) is 0 Å². The first-order chi connectivity index (χ1) is 18.5. The lowest BCUT2D eigenvalue weighted by molar-refractivity contribution is -0.139. The van der Waals surface area contributed by atoms with Gasteiger partial charge in [-0.2, -0.15) is 0 Å². The Morgan fingerprint density at radius 2 is 1.79 bits per heavy atom. The molecule has 196 valence electrons. The summed E-state index contributed by atoms with van der Waals surface area (Å²) < 4.78 is 16.6. The summed E-state index contributed by atoms with van der Waals surface area (Å²) in [4.78, 5) is 28.1. The Labute approximate surface area is 226 Å². The number of Topliss-reactive ketones (excluding diaryl/α,β-unsaturated/α-hetero) is 1. The predicted octanol–water partition coefficient (Wildman–Crippen LogP) is 5.91. The van der Waals surface area contributed by atoms with E-state index >= 15 is 0 Å². The lowest BCUT2D eigenvalue weighted by atomic mass is 9.73. The fraction of sp³-hybridized carbons (Fsp3) is 0.290. The molecular weight excluding hydrogens is 498 g/mol. The second-order valence-electron chi connectivity index (χ2n) is 9.52. The van der Waals surface area contributed by atoms with E-state index in [4.69, 9.17) is 14.2 Å². The number of carbonyl (C=O) groups excluding carboxylic acids is 2. The molecule has 0 fully saturated rings. The first-order valence-corrected chi connectivity index (χ1v) is 13.6. The van der Waals surface area contributed by atoms with Crippen LogP contribution in [0.25, 0.3) is 0 Å². The van der Waals surface area contributed by atoms with E-state index in [9.17, 15) is 9.59 Å². The third-order valence-electron chi connectivity index (χ3n) is 7.22. The Morgan fingerprint density at radius 1 is 1.00 bits per heavy atom. The minimum Gasteiger partial charge on any atom is -0.493 e. The van der Waals surface area contributed by atoms with Gasteiger partial charge in [-0.3, -0.25) is 4.79 Å². The fourth-order valence-corrected chi connectivity index (χ4v) is 6.22. The number of carbonyl (C=O) groups is 2. The van der Waals surface area contributed by atoms with E-state index in [2.05, 4.69) is 5.32 Å². The van der Waals surface area contributed by atoms with Crippen molar-refractivity contribution in [1.29, 1.82) is 0 Å². The molecule has 2 aliphatic rings. The number of ketones is 1. The number of ether oxygens (including phenoxy) is 3. The van der Waals surface area contributed by atoms with E-state index < -0.39 is 5.92 Å². The molecule has 2 aromatic carbocycles. The van der Waals surface area contributed by atoms with Gasteiger partial charge in [0.15, 0.2) is 17.3 Å². The Morgan fingerprint density at radius 3 is 2.50 bits per heavy atom. The summed E-state index contributed by atoms with van der Waals surface area (Å²) in [6.45, 7) is 2.17. The average molecular weight is 530 g/mol. The van der Waals surface area contributed by atoms with Crippen LogP contribution in [0.3, 0.4) is 0 Å². The Balaban J connectivity index is 1.42. The number of allylic oxidation sites excluding steroid dienone is 3. The van der Waals surface area contributed by atoms with Gasteiger partial charge in [0.05, 0.1) is 32.3 Å². The van der Waals surface area contributed by atoms with Crippen molar-refractivity contribution in [2.24, 2.45) is 0 Å². The van der Waals surface area contributed by atoms with Gasteiger partial charge in [0, 0.05) is 34.7 Å².